The third-order valence-electron chi connectivity index (χ3n) is 2.33. The van der Waals surface area contributed by atoms with Crippen LogP contribution in [0.2, 0.25) is 0 Å². The number of carbonyl (C=O) groups is 1. The van der Waals surface area contributed by atoms with Crippen LogP contribution in [-0.2, 0) is 0 Å². The largest absolute Gasteiger partial charge is 0.477 e. The van der Waals surface area contributed by atoms with Crippen molar-refractivity contribution >= 4 is 23.4 Å². The van der Waals surface area contributed by atoms with Crippen LogP contribution in [0.4, 0.5) is 11.4 Å². The van der Waals surface area contributed by atoms with Crippen molar-refractivity contribution in [2.24, 2.45) is 0 Å². The van der Waals surface area contributed by atoms with E-state index in [0.29, 0.717) is 0 Å². The lowest BCUT2D eigenvalue weighted by Gasteiger charge is -2.05. The van der Waals surface area contributed by atoms with Gasteiger partial charge in [-0.25, -0.2) is 4.79 Å². The first-order chi connectivity index (χ1) is 9.25. The summed E-state index contributed by atoms with van der Waals surface area (Å²) in [5, 5.41) is 30.8. The minimum absolute atomic E-state index is 0.0216. The number of nitrogens with zero attached hydrogens (tertiary/aromatic N) is 3. The first-order valence-electron chi connectivity index (χ1n) is 5.29. The molecule has 0 heterocycles. The van der Waals surface area contributed by atoms with Crippen LogP contribution < -0.4 is 0 Å². The summed E-state index contributed by atoms with van der Waals surface area (Å²) in [4.78, 5) is 32.6. The number of aromatic carboxylic acids is 1. The molecule has 1 rings (SSSR count). The van der Waals surface area contributed by atoms with E-state index in [1.165, 1.54) is 12.3 Å². The first kappa shape index (κ1) is 15.1. The zero-order valence-electron chi connectivity index (χ0n) is 10.6. The number of carboxylic acids is 1. The van der Waals surface area contributed by atoms with E-state index in [2.05, 4.69) is 0 Å². The van der Waals surface area contributed by atoms with Gasteiger partial charge in [0.1, 0.15) is 0 Å². The Labute approximate surface area is 113 Å². The highest BCUT2D eigenvalue weighted by atomic mass is 16.6. The summed E-state index contributed by atoms with van der Waals surface area (Å²) in [7, 11) is 3.34. The van der Waals surface area contributed by atoms with E-state index in [-0.39, 0.29) is 5.56 Å². The van der Waals surface area contributed by atoms with Crippen LogP contribution in [0.25, 0.3) is 6.08 Å². The summed E-state index contributed by atoms with van der Waals surface area (Å²) < 4.78 is 0. The lowest BCUT2D eigenvalue weighted by atomic mass is 10.0. The normalized spacial score (nSPS) is 10.5. The molecule has 0 aromatic heterocycles. The smallest absolute Gasteiger partial charge is 0.349 e. The SMILES string of the molecule is CN(C)C=Cc1ccc([N+](=O)[O-])c(C(=O)O)c1[N+](=O)[O-]. The van der Waals surface area contributed by atoms with Crippen LogP contribution in [0, 0.1) is 20.2 Å². The summed E-state index contributed by atoms with van der Waals surface area (Å²) >= 11 is 0. The molecule has 0 bridgehead atoms. The molecular formula is C11H11N3O6. The predicted octanol–water partition coefficient (Wildman–Crippen LogP) is 1.73. The lowest BCUT2D eigenvalue weighted by Crippen LogP contribution is -2.08. The van der Waals surface area contributed by atoms with Crippen molar-refractivity contribution in [3.63, 3.8) is 0 Å². The standard InChI is InChI=1S/C11H11N3O6/c1-12(2)6-5-7-3-4-8(13(17)18)9(11(15)16)10(7)14(19)20/h3-6H,1-2H3,(H,15,16). The Bertz CT molecular complexity index is 608. The summed E-state index contributed by atoms with van der Waals surface area (Å²) in [6, 6.07) is 2.08. The van der Waals surface area contributed by atoms with Crippen LogP contribution in [0.3, 0.4) is 0 Å². The van der Waals surface area contributed by atoms with Gasteiger partial charge < -0.3 is 10.0 Å². The van der Waals surface area contributed by atoms with E-state index in [4.69, 9.17) is 5.11 Å². The van der Waals surface area contributed by atoms with Crippen LogP contribution >= 0.6 is 0 Å². The van der Waals surface area contributed by atoms with Gasteiger partial charge in [-0.05, 0) is 18.3 Å². The highest BCUT2D eigenvalue weighted by molar-refractivity contribution is 5.98. The molecule has 0 aliphatic carbocycles. The number of hydrogen-bond acceptors (Lipinski definition) is 6. The van der Waals surface area contributed by atoms with Gasteiger partial charge in [-0.1, -0.05) is 0 Å². The molecule has 0 amide bonds. The zero-order chi connectivity index (χ0) is 15.4. The fourth-order valence-electron chi connectivity index (χ4n) is 1.52. The molecule has 1 aromatic carbocycles. The number of benzene rings is 1. The van der Waals surface area contributed by atoms with Crippen molar-refractivity contribution in [1.82, 2.24) is 4.90 Å². The van der Waals surface area contributed by atoms with Gasteiger partial charge in [0.25, 0.3) is 11.4 Å². The second-order valence-electron chi connectivity index (χ2n) is 4.00. The molecule has 0 spiro atoms. The van der Waals surface area contributed by atoms with Gasteiger partial charge >= 0.3 is 5.97 Å². The molecular weight excluding hydrogens is 270 g/mol. The van der Waals surface area contributed by atoms with Gasteiger partial charge in [0, 0.05) is 20.2 Å². The average molecular weight is 281 g/mol. The fourth-order valence-corrected chi connectivity index (χ4v) is 1.52. The summed E-state index contributed by atoms with van der Waals surface area (Å²) in [6.45, 7) is 0. The van der Waals surface area contributed by atoms with Crippen molar-refractivity contribution in [1.29, 1.82) is 0 Å². The third kappa shape index (κ3) is 3.07. The number of nitro benzene ring substituents is 2. The molecule has 9 nitrogen and oxygen atoms in total. The van der Waals surface area contributed by atoms with E-state index in [1.54, 1.807) is 19.0 Å². The van der Waals surface area contributed by atoms with Crippen LogP contribution in [0.15, 0.2) is 18.3 Å². The quantitative estimate of drug-likeness (QED) is 0.643. The van der Waals surface area contributed by atoms with Crippen molar-refractivity contribution in [3.05, 3.63) is 49.7 Å². The minimum Gasteiger partial charge on any atom is -0.477 e. The van der Waals surface area contributed by atoms with Crippen molar-refractivity contribution < 1.29 is 19.7 Å². The van der Waals surface area contributed by atoms with Gasteiger partial charge in [0.2, 0.25) is 5.56 Å². The molecule has 106 valence electrons. The maximum atomic E-state index is 11.1. The van der Waals surface area contributed by atoms with Crippen molar-refractivity contribution in [2.75, 3.05) is 14.1 Å². The second kappa shape index (κ2) is 5.78. The van der Waals surface area contributed by atoms with Gasteiger partial charge in [-0.15, -0.1) is 0 Å². The maximum absolute atomic E-state index is 11.1. The Morgan fingerprint density at radius 3 is 2.25 bits per heavy atom. The molecule has 0 atom stereocenters. The molecule has 0 unspecified atom stereocenters. The number of nitro groups is 2. The predicted molar refractivity (Wildman–Crippen MR) is 69.4 cm³/mol. The Morgan fingerprint density at radius 2 is 1.85 bits per heavy atom. The van der Waals surface area contributed by atoms with E-state index in [9.17, 15) is 25.0 Å². The zero-order valence-corrected chi connectivity index (χ0v) is 10.6. The Hall–Kier alpha value is -2.97. The van der Waals surface area contributed by atoms with E-state index in [1.807, 2.05) is 0 Å². The van der Waals surface area contributed by atoms with Gasteiger partial charge in [-0.2, -0.15) is 0 Å². The lowest BCUT2D eigenvalue weighted by molar-refractivity contribution is -0.394. The topological polar surface area (TPSA) is 127 Å². The molecule has 20 heavy (non-hydrogen) atoms. The van der Waals surface area contributed by atoms with Crippen molar-refractivity contribution in [3.8, 4) is 0 Å². The average Bonchev–Trinajstić information content (AvgIpc) is 2.34. The Kier molecular flexibility index (Phi) is 4.36. The molecule has 1 N–H and O–H groups in total. The second-order valence-corrected chi connectivity index (χ2v) is 4.00. The third-order valence-corrected chi connectivity index (χ3v) is 2.33. The maximum Gasteiger partial charge on any atom is 0.349 e. The molecule has 0 aliphatic heterocycles. The molecule has 1 aromatic rings. The number of rotatable bonds is 5. The summed E-state index contributed by atoms with van der Waals surface area (Å²) in [6.07, 6.45) is 2.79. The highest BCUT2D eigenvalue weighted by Gasteiger charge is 2.33. The molecule has 0 fully saturated rings. The van der Waals surface area contributed by atoms with E-state index in [0.717, 1.165) is 12.1 Å². The fraction of sp³-hybridized carbons (Fsp3) is 0.182. The number of hydrogen-bond donors (Lipinski definition) is 1. The summed E-state index contributed by atoms with van der Waals surface area (Å²) in [5.41, 5.74) is -2.57. The monoisotopic (exact) mass is 281 g/mol. The molecule has 9 heteroatoms. The van der Waals surface area contributed by atoms with E-state index >= 15 is 0 Å². The van der Waals surface area contributed by atoms with Gasteiger partial charge in [0.05, 0.1) is 15.4 Å². The van der Waals surface area contributed by atoms with Crippen LogP contribution in [0.1, 0.15) is 15.9 Å². The Balaban J connectivity index is 3.65. The highest BCUT2D eigenvalue weighted by Crippen LogP contribution is 2.32. The minimum atomic E-state index is -1.72. The van der Waals surface area contributed by atoms with Crippen LogP contribution in [0.5, 0.6) is 0 Å². The first-order valence-corrected chi connectivity index (χ1v) is 5.29. The molecule has 0 saturated carbocycles. The van der Waals surface area contributed by atoms with Crippen LogP contribution in [-0.4, -0.2) is 39.9 Å². The summed E-state index contributed by atoms with van der Waals surface area (Å²) in [5.74, 6) is -1.72. The van der Waals surface area contributed by atoms with Gasteiger partial charge in [-0.3, -0.25) is 20.2 Å². The molecule has 0 radical (unpaired) electrons. The number of carboxylic acid groups (broad SMARTS) is 1. The van der Waals surface area contributed by atoms with Gasteiger partial charge in [0.15, 0.2) is 0 Å². The molecule has 0 aliphatic rings. The molecule has 0 saturated heterocycles. The Morgan fingerprint density at radius 1 is 1.25 bits per heavy atom. The van der Waals surface area contributed by atoms with E-state index < -0.39 is 32.8 Å². The van der Waals surface area contributed by atoms with Crippen molar-refractivity contribution in [2.45, 2.75) is 0 Å².